The Balaban J connectivity index is 2.29. The molecule has 0 spiro atoms. The zero-order valence-electron chi connectivity index (χ0n) is 10.2. The average Bonchev–Trinajstić information content (AvgIpc) is 2.41. The topological polar surface area (TPSA) is 82.2 Å². The number of pyridine rings is 1. The van der Waals surface area contributed by atoms with Gasteiger partial charge in [0, 0.05) is 17.8 Å². The maximum Gasteiger partial charge on any atom is 0.334 e. The van der Waals surface area contributed by atoms with Crippen LogP contribution in [0.2, 0.25) is 0 Å². The predicted octanol–water partition coefficient (Wildman–Crippen LogP) is 1.78. The number of Topliss-reactive ketones (excluding diaryl/α,β-unsaturated/α-hetero) is 1. The van der Waals surface area contributed by atoms with Crippen LogP contribution < -0.4 is 5.56 Å². The van der Waals surface area contributed by atoms with Crippen molar-refractivity contribution in [2.75, 3.05) is 0 Å². The highest BCUT2D eigenvalue weighted by Crippen LogP contribution is 2.06. The molecule has 2 aromatic rings. The van der Waals surface area contributed by atoms with Gasteiger partial charge in [0.05, 0.1) is 11.5 Å². The van der Waals surface area contributed by atoms with Crippen molar-refractivity contribution in [2.24, 2.45) is 0 Å². The highest BCUT2D eigenvalue weighted by molar-refractivity contribution is 5.95. The first-order valence-electron chi connectivity index (χ1n) is 5.61. The van der Waals surface area contributed by atoms with E-state index >= 15 is 0 Å². The van der Waals surface area contributed by atoms with E-state index in [9.17, 15) is 24.1 Å². The van der Waals surface area contributed by atoms with Crippen LogP contribution >= 0.6 is 0 Å². The van der Waals surface area contributed by atoms with E-state index in [1.807, 2.05) is 0 Å². The quantitative estimate of drug-likeness (QED) is 0.484. The zero-order chi connectivity index (χ0) is 14.7. The van der Waals surface area contributed by atoms with Crippen molar-refractivity contribution >= 4 is 11.5 Å². The Hall–Kier alpha value is -2.83. The van der Waals surface area contributed by atoms with Gasteiger partial charge in [-0.2, -0.15) is 0 Å². The minimum atomic E-state index is -0.854. The molecule has 0 saturated carbocycles. The molecule has 1 aromatic carbocycles. The Morgan fingerprint density at radius 2 is 1.90 bits per heavy atom. The molecule has 0 fully saturated rings. The third-order valence-corrected chi connectivity index (χ3v) is 2.68. The number of aromatic nitrogens is 1. The van der Waals surface area contributed by atoms with Crippen molar-refractivity contribution in [2.45, 2.75) is 6.54 Å². The first-order chi connectivity index (χ1) is 9.49. The van der Waals surface area contributed by atoms with E-state index in [1.165, 1.54) is 24.4 Å². The Morgan fingerprint density at radius 3 is 2.50 bits per heavy atom. The van der Waals surface area contributed by atoms with Gasteiger partial charge in [0.1, 0.15) is 5.82 Å². The number of nitro groups is 1. The summed E-state index contributed by atoms with van der Waals surface area (Å²) in [6.45, 7) is -0.341. The van der Waals surface area contributed by atoms with Gasteiger partial charge in [-0.05, 0) is 30.3 Å². The van der Waals surface area contributed by atoms with Gasteiger partial charge in [-0.15, -0.1) is 0 Å². The molecule has 0 saturated heterocycles. The largest absolute Gasteiger partial charge is 0.334 e. The van der Waals surface area contributed by atoms with Gasteiger partial charge < -0.3 is 4.57 Å². The molecule has 0 aliphatic heterocycles. The number of hydrogen-bond donors (Lipinski definition) is 0. The van der Waals surface area contributed by atoms with Crippen LogP contribution in [0.15, 0.2) is 47.4 Å². The van der Waals surface area contributed by atoms with Crippen molar-refractivity contribution in [3.8, 4) is 0 Å². The highest BCUT2D eigenvalue weighted by atomic mass is 19.1. The Bertz CT molecular complexity index is 722. The molecular weight excluding hydrogens is 267 g/mol. The molecule has 1 aromatic heterocycles. The molecule has 0 atom stereocenters. The van der Waals surface area contributed by atoms with Crippen molar-refractivity contribution < 1.29 is 14.1 Å². The number of hydrogen-bond acceptors (Lipinski definition) is 4. The summed E-state index contributed by atoms with van der Waals surface area (Å²) in [7, 11) is 0. The number of nitrogens with zero attached hydrogens (tertiary/aromatic N) is 2. The van der Waals surface area contributed by atoms with Crippen LogP contribution in [-0.4, -0.2) is 15.3 Å². The van der Waals surface area contributed by atoms with E-state index in [-0.39, 0.29) is 12.1 Å². The number of halogens is 1. The molecule has 0 bridgehead atoms. The molecule has 20 heavy (non-hydrogen) atoms. The van der Waals surface area contributed by atoms with Crippen LogP contribution in [0.25, 0.3) is 0 Å². The second-order valence-electron chi connectivity index (χ2n) is 4.01. The second kappa shape index (κ2) is 5.43. The van der Waals surface area contributed by atoms with E-state index in [2.05, 4.69) is 0 Å². The van der Waals surface area contributed by atoms with Crippen molar-refractivity contribution in [3.63, 3.8) is 0 Å². The fourth-order valence-electron chi connectivity index (χ4n) is 1.67. The van der Waals surface area contributed by atoms with Gasteiger partial charge in [0.25, 0.3) is 0 Å². The van der Waals surface area contributed by atoms with Gasteiger partial charge in [-0.25, -0.2) is 4.39 Å². The summed E-state index contributed by atoms with van der Waals surface area (Å²) in [5.74, 6) is -0.915. The lowest BCUT2D eigenvalue weighted by molar-refractivity contribution is -0.386. The lowest BCUT2D eigenvalue weighted by atomic mass is 10.1. The van der Waals surface area contributed by atoms with Crippen LogP contribution in [0, 0.1) is 15.9 Å². The Kier molecular flexibility index (Phi) is 3.69. The van der Waals surface area contributed by atoms with E-state index in [0.29, 0.717) is 0 Å². The number of ketones is 1. The maximum atomic E-state index is 12.7. The fraction of sp³-hybridized carbons (Fsp3) is 0.0769. The van der Waals surface area contributed by atoms with Gasteiger partial charge in [-0.3, -0.25) is 19.7 Å². The number of rotatable bonds is 4. The average molecular weight is 276 g/mol. The lowest BCUT2D eigenvalue weighted by Crippen LogP contribution is -2.25. The minimum Gasteiger partial charge on any atom is -0.302 e. The fourth-order valence-corrected chi connectivity index (χ4v) is 1.67. The van der Waals surface area contributed by atoms with Gasteiger partial charge in [-0.1, -0.05) is 0 Å². The summed E-state index contributed by atoms with van der Waals surface area (Å²) in [6.07, 6.45) is 1.29. The number of carbonyl (C=O) groups excluding carboxylic acids is 1. The molecule has 102 valence electrons. The summed E-state index contributed by atoms with van der Waals surface area (Å²) in [5, 5.41) is 10.6. The standard InChI is InChI=1S/C13H9FN2O4/c14-10-5-3-9(4-6-10)12(17)8-15-7-1-2-11(13(15)18)16(19)20/h1-7H,8H2. The molecule has 0 amide bonds. The van der Waals surface area contributed by atoms with Crippen LogP contribution in [0.5, 0.6) is 0 Å². The molecule has 0 N–H and O–H groups in total. The normalized spacial score (nSPS) is 10.2. The summed E-state index contributed by atoms with van der Waals surface area (Å²) in [6, 6.07) is 7.23. The molecule has 7 heteroatoms. The summed E-state index contributed by atoms with van der Waals surface area (Å²) in [5.41, 5.74) is -1.22. The van der Waals surface area contributed by atoms with Crippen molar-refractivity contribution in [1.29, 1.82) is 0 Å². The SMILES string of the molecule is O=C(Cn1cccc([N+](=O)[O-])c1=O)c1ccc(F)cc1. The van der Waals surface area contributed by atoms with E-state index < -0.39 is 27.8 Å². The first kappa shape index (κ1) is 13.6. The summed E-state index contributed by atoms with van der Waals surface area (Å²) in [4.78, 5) is 33.5. The van der Waals surface area contributed by atoms with Gasteiger partial charge >= 0.3 is 11.2 Å². The van der Waals surface area contributed by atoms with E-state index in [1.54, 1.807) is 0 Å². The van der Waals surface area contributed by atoms with Gasteiger partial charge in [0.15, 0.2) is 5.78 Å². The number of carbonyl (C=O) groups is 1. The molecule has 0 radical (unpaired) electrons. The summed E-state index contributed by atoms with van der Waals surface area (Å²) < 4.78 is 13.7. The predicted molar refractivity (Wildman–Crippen MR) is 68.1 cm³/mol. The molecular formula is C13H9FN2O4. The van der Waals surface area contributed by atoms with Crippen molar-refractivity contribution in [3.05, 3.63) is 74.4 Å². The molecule has 0 unspecified atom stereocenters. The van der Waals surface area contributed by atoms with Crippen LogP contribution in [0.3, 0.4) is 0 Å². The van der Waals surface area contributed by atoms with E-state index in [4.69, 9.17) is 0 Å². The zero-order valence-corrected chi connectivity index (χ0v) is 10.2. The summed E-state index contributed by atoms with van der Waals surface area (Å²) >= 11 is 0. The van der Waals surface area contributed by atoms with Crippen LogP contribution in [0.4, 0.5) is 10.1 Å². The highest BCUT2D eigenvalue weighted by Gasteiger charge is 2.15. The molecule has 0 aliphatic carbocycles. The smallest absolute Gasteiger partial charge is 0.302 e. The first-order valence-corrected chi connectivity index (χ1v) is 5.61. The van der Waals surface area contributed by atoms with Crippen molar-refractivity contribution in [1.82, 2.24) is 4.57 Å². The Morgan fingerprint density at radius 1 is 1.25 bits per heavy atom. The third kappa shape index (κ3) is 2.77. The third-order valence-electron chi connectivity index (χ3n) is 2.68. The molecule has 2 rings (SSSR count). The maximum absolute atomic E-state index is 12.7. The van der Waals surface area contributed by atoms with Gasteiger partial charge in [0.2, 0.25) is 0 Å². The number of benzene rings is 1. The minimum absolute atomic E-state index is 0.227. The van der Waals surface area contributed by atoms with Crippen LogP contribution in [0.1, 0.15) is 10.4 Å². The van der Waals surface area contributed by atoms with Crippen LogP contribution in [-0.2, 0) is 6.54 Å². The molecule has 0 aliphatic rings. The second-order valence-corrected chi connectivity index (χ2v) is 4.01. The van der Waals surface area contributed by atoms with E-state index in [0.717, 1.165) is 22.8 Å². The molecule has 1 heterocycles. The molecule has 6 nitrogen and oxygen atoms in total. The lowest BCUT2D eigenvalue weighted by Gasteiger charge is -2.04. The monoisotopic (exact) mass is 276 g/mol. The Labute approximate surface area is 112 Å².